The Morgan fingerprint density at radius 3 is 2.64 bits per heavy atom. The van der Waals surface area contributed by atoms with Crippen molar-refractivity contribution in [1.29, 1.82) is 0 Å². The van der Waals surface area contributed by atoms with Crippen molar-refractivity contribution in [2.24, 2.45) is 0 Å². The van der Waals surface area contributed by atoms with Gasteiger partial charge >= 0.3 is 0 Å². The molecule has 0 bridgehead atoms. The average molecular weight is 152 g/mol. The Kier molecular flexibility index (Phi) is 1.62. The molecular formula is C7H12N4. The van der Waals surface area contributed by atoms with Gasteiger partial charge in [-0.2, -0.15) is 15.0 Å². The van der Waals surface area contributed by atoms with Crippen LogP contribution in [0.5, 0.6) is 0 Å². The van der Waals surface area contributed by atoms with Crippen molar-refractivity contribution in [3.05, 3.63) is 12.4 Å². The van der Waals surface area contributed by atoms with E-state index in [2.05, 4.69) is 22.4 Å². The smallest absolute Gasteiger partial charge is 0.121 e. The lowest BCUT2D eigenvalue weighted by molar-refractivity contribution is 0.366. The van der Waals surface area contributed by atoms with Crippen LogP contribution >= 0.6 is 0 Å². The van der Waals surface area contributed by atoms with E-state index in [9.17, 15) is 0 Å². The van der Waals surface area contributed by atoms with Gasteiger partial charge in [-0.05, 0) is 19.8 Å². The summed E-state index contributed by atoms with van der Waals surface area (Å²) in [6, 6.07) is 0.603. The minimum Gasteiger partial charge on any atom is -0.292 e. The van der Waals surface area contributed by atoms with E-state index in [1.165, 1.54) is 6.42 Å². The molecule has 2 atom stereocenters. The molecule has 1 aromatic rings. The first-order valence-electron chi connectivity index (χ1n) is 3.98. The molecule has 0 spiro atoms. The third kappa shape index (κ3) is 1.26. The molecule has 2 unspecified atom stereocenters. The van der Waals surface area contributed by atoms with Crippen molar-refractivity contribution < 1.29 is 0 Å². The van der Waals surface area contributed by atoms with Gasteiger partial charge in [-0.1, -0.05) is 0 Å². The predicted octanol–water partition coefficient (Wildman–Crippen LogP) is 0.549. The lowest BCUT2D eigenvalue weighted by atomic mass is 10.2. The lowest BCUT2D eigenvalue weighted by Gasteiger charge is -2.09. The van der Waals surface area contributed by atoms with Crippen LogP contribution in [0.15, 0.2) is 12.4 Å². The van der Waals surface area contributed by atoms with E-state index in [0.717, 1.165) is 6.42 Å². The SMILES string of the molecule is CC1CCC(n2nccn2)N1. The zero-order valence-corrected chi connectivity index (χ0v) is 6.57. The van der Waals surface area contributed by atoms with Gasteiger partial charge in [-0.25, -0.2) is 0 Å². The molecule has 1 aliphatic heterocycles. The summed E-state index contributed by atoms with van der Waals surface area (Å²) >= 11 is 0. The van der Waals surface area contributed by atoms with E-state index >= 15 is 0 Å². The fourth-order valence-corrected chi connectivity index (χ4v) is 1.47. The second-order valence-corrected chi connectivity index (χ2v) is 3.01. The van der Waals surface area contributed by atoms with E-state index in [1.807, 2.05) is 0 Å². The first-order valence-corrected chi connectivity index (χ1v) is 3.98. The van der Waals surface area contributed by atoms with Gasteiger partial charge in [0, 0.05) is 6.04 Å². The van der Waals surface area contributed by atoms with Crippen molar-refractivity contribution >= 4 is 0 Å². The van der Waals surface area contributed by atoms with E-state index in [4.69, 9.17) is 0 Å². The van der Waals surface area contributed by atoms with Crippen LogP contribution in [0.3, 0.4) is 0 Å². The Bertz CT molecular complexity index is 218. The summed E-state index contributed by atoms with van der Waals surface area (Å²) in [5, 5.41) is 11.5. The monoisotopic (exact) mass is 152 g/mol. The van der Waals surface area contributed by atoms with E-state index in [0.29, 0.717) is 12.2 Å². The number of nitrogens with one attached hydrogen (secondary N) is 1. The molecule has 0 radical (unpaired) electrons. The molecule has 1 saturated heterocycles. The Hall–Kier alpha value is -0.900. The topological polar surface area (TPSA) is 42.7 Å². The van der Waals surface area contributed by atoms with Crippen LogP contribution in [0, 0.1) is 0 Å². The molecule has 0 aliphatic carbocycles. The van der Waals surface area contributed by atoms with Gasteiger partial charge in [0.05, 0.1) is 12.4 Å². The molecule has 60 valence electrons. The molecule has 0 amide bonds. The van der Waals surface area contributed by atoms with Gasteiger partial charge in [0.1, 0.15) is 6.17 Å². The minimum atomic E-state index is 0.319. The first kappa shape index (κ1) is 6.79. The van der Waals surface area contributed by atoms with Crippen molar-refractivity contribution in [1.82, 2.24) is 20.3 Å². The van der Waals surface area contributed by atoms with Crippen molar-refractivity contribution in [2.45, 2.75) is 32.0 Å². The molecular weight excluding hydrogens is 140 g/mol. The molecule has 2 heterocycles. The van der Waals surface area contributed by atoms with Gasteiger partial charge in [-0.15, -0.1) is 0 Å². The summed E-state index contributed by atoms with van der Waals surface area (Å²) < 4.78 is 0. The van der Waals surface area contributed by atoms with Gasteiger partial charge in [0.2, 0.25) is 0 Å². The summed E-state index contributed by atoms with van der Waals surface area (Å²) in [4.78, 5) is 1.74. The quantitative estimate of drug-likeness (QED) is 0.639. The van der Waals surface area contributed by atoms with Gasteiger partial charge in [-0.3, -0.25) is 5.32 Å². The second kappa shape index (κ2) is 2.62. The van der Waals surface area contributed by atoms with Crippen LogP contribution in [0.2, 0.25) is 0 Å². The third-order valence-corrected chi connectivity index (χ3v) is 2.07. The summed E-state index contributed by atoms with van der Waals surface area (Å²) in [6.45, 7) is 2.18. The third-order valence-electron chi connectivity index (χ3n) is 2.07. The standard InChI is InChI=1S/C7H12N4/c1-6-2-3-7(10-6)11-8-4-5-9-11/h4-7,10H,2-3H2,1H3. The molecule has 11 heavy (non-hydrogen) atoms. The summed E-state index contributed by atoms with van der Waals surface area (Å²) in [5.74, 6) is 0. The van der Waals surface area contributed by atoms with Crippen LogP contribution in [-0.2, 0) is 0 Å². The largest absolute Gasteiger partial charge is 0.292 e. The lowest BCUT2D eigenvalue weighted by Crippen LogP contribution is -2.26. The van der Waals surface area contributed by atoms with Crippen LogP contribution in [-0.4, -0.2) is 21.0 Å². The molecule has 0 saturated carbocycles. The van der Waals surface area contributed by atoms with Crippen molar-refractivity contribution in [3.63, 3.8) is 0 Å². The number of rotatable bonds is 1. The summed E-state index contributed by atoms with van der Waals surface area (Å²) in [5.41, 5.74) is 0. The average Bonchev–Trinajstić information content (AvgIpc) is 2.55. The number of nitrogens with zero attached hydrogens (tertiary/aromatic N) is 3. The molecule has 1 aliphatic rings. The Balaban J connectivity index is 2.08. The Morgan fingerprint density at radius 1 is 1.36 bits per heavy atom. The van der Waals surface area contributed by atoms with Crippen LogP contribution in [0.25, 0.3) is 0 Å². The van der Waals surface area contributed by atoms with E-state index in [-0.39, 0.29) is 0 Å². The maximum Gasteiger partial charge on any atom is 0.121 e. The molecule has 4 nitrogen and oxygen atoms in total. The zero-order chi connectivity index (χ0) is 7.68. The molecule has 2 rings (SSSR count). The maximum atomic E-state index is 4.08. The van der Waals surface area contributed by atoms with E-state index in [1.54, 1.807) is 17.2 Å². The number of hydrogen-bond acceptors (Lipinski definition) is 3. The van der Waals surface area contributed by atoms with Crippen LogP contribution < -0.4 is 5.32 Å². The highest BCUT2D eigenvalue weighted by Gasteiger charge is 2.22. The summed E-state index contributed by atoms with van der Waals surface area (Å²) in [6.07, 6.45) is 6.09. The molecule has 1 N–H and O–H groups in total. The molecule has 0 aromatic carbocycles. The minimum absolute atomic E-state index is 0.319. The van der Waals surface area contributed by atoms with Gasteiger partial charge in [0.25, 0.3) is 0 Å². The van der Waals surface area contributed by atoms with Gasteiger partial charge < -0.3 is 0 Å². The maximum absolute atomic E-state index is 4.08. The van der Waals surface area contributed by atoms with Crippen molar-refractivity contribution in [2.75, 3.05) is 0 Å². The Morgan fingerprint density at radius 2 is 2.09 bits per heavy atom. The highest BCUT2D eigenvalue weighted by atomic mass is 15.5. The highest BCUT2D eigenvalue weighted by Crippen LogP contribution is 2.18. The van der Waals surface area contributed by atoms with Crippen LogP contribution in [0.1, 0.15) is 25.9 Å². The Labute approximate surface area is 65.6 Å². The number of hydrogen-bond donors (Lipinski definition) is 1. The van der Waals surface area contributed by atoms with E-state index < -0.39 is 0 Å². The fourth-order valence-electron chi connectivity index (χ4n) is 1.47. The predicted molar refractivity (Wildman–Crippen MR) is 40.9 cm³/mol. The second-order valence-electron chi connectivity index (χ2n) is 3.01. The number of aromatic nitrogens is 3. The van der Waals surface area contributed by atoms with Crippen LogP contribution in [0.4, 0.5) is 0 Å². The molecule has 1 fully saturated rings. The first-order chi connectivity index (χ1) is 5.36. The fraction of sp³-hybridized carbons (Fsp3) is 0.714. The normalized spacial score (nSPS) is 31.0. The molecule has 1 aromatic heterocycles. The molecule has 4 heteroatoms. The van der Waals surface area contributed by atoms with Crippen molar-refractivity contribution in [3.8, 4) is 0 Å². The van der Waals surface area contributed by atoms with Gasteiger partial charge in [0.15, 0.2) is 0 Å². The highest BCUT2D eigenvalue weighted by molar-refractivity contribution is 4.76. The zero-order valence-electron chi connectivity index (χ0n) is 6.57. The summed E-state index contributed by atoms with van der Waals surface area (Å²) in [7, 11) is 0.